The van der Waals surface area contributed by atoms with Gasteiger partial charge in [-0.2, -0.15) is 0 Å². The Labute approximate surface area is 157 Å². The number of hydrogen-bond acceptors (Lipinski definition) is 6. The normalized spacial score (nSPS) is 20.0. The third kappa shape index (κ3) is 4.09. The first-order valence-corrected chi connectivity index (χ1v) is 10.0. The molecule has 0 saturated heterocycles. The molecule has 2 aliphatic rings. The number of ether oxygens (including phenoxy) is 2. The first-order valence-electron chi connectivity index (χ1n) is 9.23. The lowest BCUT2D eigenvalue weighted by Crippen LogP contribution is -2.30. The summed E-state index contributed by atoms with van der Waals surface area (Å²) in [5.41, 5.74) is 1.46. The van der Waals surface area contributed by atoms with E-state index in [1.54, 1.807) is 13.8 Å². The number of rotatable bonds is 6. The molecular formula is C19H25NO5S. The van der Waals surface area contributed by atoms with E-state index < -0.39 is 18.0 Å². The second-order valence-corrected chi connectivity index (χ2v) is 8.22. The van der Waals surface area contributed by atoms with Crippen LogP contribution in [0.2, 0.25) is 0 Å². The highest BCUT2D eigenvalue weighted by Gasteiger charge is 2.34. The third-order valence-corrected chi connectivity index (χ3v) is 5.97. The SMILES string of the molecule is CCOC(=O)c1c(NC(=O)[C@@H](C)OC(=O)C2CC2)sc2c1CC[C@H](C)C2. The molecule has 6 nitrogen and oxygen atoms in total. The van der Waals surface area contributed by atoms with Gasteiger partial charge in [-0.05, 0) is 57.4 Å². The van der Waals surface area contributed by atoms with Gasteiger partial charge in [0.15, 0.2) is 6.10 Å². The fraction of sp³-hybridized carbons (Fsp3) is 0.632. The molecule has 7 heteroatoms. The van der Waals surface area contributed by atoms with E-state index >= 15 is 0 Å². The van der Waals surface area contributed by atoms with E-state index in [9.17, 15) is 14.4 Å². The molecule has 0 aromatic carbocycles. The molecule has 2 aliphatic carbocycles. The fourth-order valence-electron chi connectivity index (χ4n) is 3.11. The van der Waals surface area contributed by atoms with Crippen molar-refractivity contribution in [3.63, 3.8) is 0 Å². The lowest BCUT2D eigenvalue weighted by Gasteiger charge is -2.18. The molecule has 1 aromatic heterocycles. The van der Waals surface area contributed by atoms with E-state index in [0.717, 1.165) is 42.5 Å². The van der Waals surface area contributed by atoms with Gasteiger partial charge >= 0.3 is 11.9 Å². The summed E-state index contributed by atoms with van der Waals surface area (Å²) in [6, 6.07) is 0. The number of hydrogen-bond donors (Lipinski definition) is 1. The molecule has 0 aliphatic heterocycles. The van der Waals surface area contributed by atoms with Gasteiger partial charge in [0.05, 0.1) is 18.1 Å². The molecule has 0 bridgehead atoms. The highest BCUT2D eigenvalue weighted by atomic mass is 32.1. The Bertz CT molecular complexity index is 722. The van der Waals surface area contributed by atoms with E-state index in [-0.39, 0.29) is 18.5 Å². The predicted molar refractivity (Wildman–Crippen MR) is 98.4 cm³/mol. The van der Waals surface area contributed by atoms with Crippen molar-refractivity contribution < 1.29 is 23.9 Å². The zero-order valence-corrected chi connectivity index (χ0v) is 16.2. The van der Waals surface area contributed by atoms with Crippen LogP contribution in [-0.2, 0) is 31.9 Å². The summed E-state index contributed by atoms with van der Waals surface area (Å²) in [5.74, 6) is -0.653. The lowest BCUT2D eigenvalue weighted by molar-refractivity contribution is -0.154. The first kappa shape index (κ1) is 18.9. The van der Waals surface area contributed by atoms with Crippen LogP contribution < -0.4 is 5.32 Å². The molecule has 26 heavy (non-hydrogen) atoms. The standard InChI is InChI=1S/C19H25NO5S/c1-4-24-19(23)15-13-8-5-10(2)9-14(13)26-17(15)20-16(21)11(3)25-18(22)12-6-7-12/h10-12H,4-9H2,1-3H3,(H,20,21)/t10-,11+/m0/s1. The minimum atomic E-state index is -0.892. The maximum Gasteiger partial charge on any atom is 0.341 e. The fourth-order valence-corrected chi connectivity index (χ4v) is 4.52. The molecule has 1 N–H and O–H groups in total. The summed E-state index contributed by atoms with van der Waals surface area (Å²) in [6.45, 7) is 5.78. The van der Waals surface area contributed by atoms with Crippen LogP contribution in [0.5, 0.6) is 0 Å². The predicted octanol–water partition coefficient (Wildman–Crippen LogP) is 3.33. The van der Waals surface area contributed by atoms with Crippen molar-refractivity contribution in [3.8, 4) is 0 Å². The van der Waals surface area contributed by atoms with Crippen LogP contribution in [0.4, 0.5) is 5.00 Å². The Hall–Kier alpha value is -1.89. The second kappa shape index (κ2) is 7.78. The summed E-state index contributed by atoms with van der Waals surface area (Å²) in [7, 11) is 0. The summed E-state index contributed by atoms with van der Waals surface area (Å²) in [4.78, 5) is 37.8. The molecule has 0 spiro atoms. The van der Waals surface area contributed by atoms with Gasteiger partial charge in [0.2, 0.25) is 0 Å². The highest BCUT2D eigenvalue weighted by molar-refractivity contribution is 7.17. The second-order valence-electron chi connectivity index (χ2n) is 7.12. The van der Waals surface area contributed by atoms with Crippen molar-refractivity contribution in [3.05, 3.63) is 16.0 Å². The van der Waals surface area contributed by atoms with Gasteiger partial charge < -0.3 is 14.8 Å². The minimum Gasteiger partial charge on any atom is -0.462 e. The largest absolute Gasteiger partial charge is 0.462 e. The third-order valence-electron chi connectivity index (χ3n) is 4.80. The summed E-state index contributed by atoms with van der Waals surface area (Å²) < 4.78 is 10.4. The molecule has 1 saturated carbocycles. The van der Waals surface area contributed by atoms with Crippen molar-refractivity contribution >= 4 is 34.2 Å². The van der Waals surface area contributed by atoms with Crippen LogP contribution in [0, 0.1) is 11.8 Å². The molecule has 1 heterocycles. The molecule has 0 unspecified atom stereocenters. The average Bonchev–Trinajstić information content (AvgIpc) is 3.37. The molecule has 1 amide bonds. The Balaban J connectivity index is 1.78. The number of fused-ring (bicyclic) bond motifs is 1. The zero-order valence-electron chi connectivity index (χ0n) is 15.4. The lowest BCUT2D eigenvalue weighted by atomic mass is 9.88. The maximum atomic E-state index is 12.5. The first-order chi connectivity index (χ1) is 12.4. The van der Waals surface area contributed by atoms with Crippen molar-refractivity contribution in [1.29, 1.82) is 0 Å². The van der Waals surface area contributed by atoms with Crippen molar-refractivity contribution in [2.75, 3.05) is 11.9 Å². The van der Waals surface area contributed by atoms with Gasteiger partial charge in [0, 0.05) is 4.88 Å². The Morgan fingerprint density at radius 2 is 2.00 bits per heavy atom. The molecule has 0 radical (unpaired) electrons. The van der Waals surface area contributed by atoms with Crippen LogP contribution in [-0.4, -0.2) is 30.6 Å². The number of thiophene rings is 1. The van der Waals surface area contributed by atoms with Crippen LogP contribution >= 0.6 is 11.3 Å². The molecule has 2 atom stereocenters. The van der Waals surface area contributed by atoms with Gasteiger partial charge in [-0.1, -0.05) is 6.92 Å². The molecule has 3 rings (SSSR count). The highest BCUT2D eigenvalue weighted by Crippen LogP contribution is 2.40. The molecule has 1 aromatic rings. The summed E-state index contributed by atoms with van der Waals surface area (Å²) >= 11 is 1.43. The van der Waals surface area contributed by atoms with Gasteiger partial charge in [0.1, 0.15) is 5.00 Å². The van der Waals surface area contributed by atoms with E-state index in [0.29, 0.717) is 16.5 Å². The number of anilines is 1. The molecule has 142 valence electrons. The number of carbonyl (C=O) groups excluding carboxylic acids is 3. The van der Waals surface area contributed by atoms with E-state index in [1.165, 1.54) is 11.3 Å². The Morgan fingerprint density at radius 1 is 1.27 bits per heavy atom. The van der Waals surface area contributed by atoms with Gasteiger partial charge in [0.25, 0.3) is 5.91 Å². The van der Waals surface area contributed by atoms with E-state index in [1.807, 2.05) is 0 Å². The maximum absolute atomic E-state index is 12.5. The van der Waals surface area contributed by atoms with Crippen LogP contribution in [0.15, 0.2) is 0 Å². The number of carbonyl (C=O) groups is 3. The molecule has 1 fully saturated rings. The van der Waals surface area contributed by atoms with E-state index in [4.69, 9.17) is 9.47 Å². The Morgan fingerprint density at radius 3 is 2.65 bits per heavy atom. The molecular weight excluding hydrogens is 354 g/mol. The summed E-state index contributed by atoms with van der Waals surface area (Å²) in [5, 5.41) is 3.29. The monoisotopic (exact) mass is 379 g/mol. The zero-order chi connectivity index (χ0) is 18.8. The van der Waals surface area contributed by atoms with Crippen molar-refractivity contribution in [2.24, 2.45) is 11.8 Å². The average molecular weight is 379 g/mol. The van der Waals surface area contributed by atoms with Crippen LogP contribution in [0.25, 0.3) is 0 Å². The van der Waals surface area contributed by atoms with Gasteiger partial charge in [-0.25, -0.2) is 4.79 Å². The quantitative estimate of drug-likeness (QED) is 0.767. The number of esters is 2. The number of nitrogens with one attached hydrogen (secondary N) is 1. The topological polar surface area (TPSA) is 81.7 Å². The van der Waals surface area contributed by atoms with E-state index in [2.05, 4.69) is 12.2 Å². The Kier molecular flexibility index (Phi) is 5.65. The van der Waals surface area contributed by atoms with Crippen LogP contribution in [0.3, 0.4) is 0 Å². The van der Waals surface area contributed by atoms with Crippen molar-refractivity contribution in [1.82, 2.24) is 0 Å². The van der Waals surface area contributed by atoms with Crippen LogP contribution in [0.1, 0.15) is 60.8 Å². The minimum absolute atomic E-state index is 0.0594. The number of amides is 1. The van der Waals surface area contributed by atoms with Gasteiger partial charge in [-0.15, -0.1) is 11.3 Å². The van der Waals surface area contributed by atoms with Crippen molar-refractivity contribution in [2.45, 2.75) is 59.0 Å². The smallest absolute Gasteiger partial charge is 0.341 e. The van der Waals surface area contributed by atoms with Gasteiger partial charge in [-0.3, -0.25) is 9.59 Å². The summed E-state index contributed by atoms with van der Waals surface area (Å²) in [6.07, 6.45) is 3.49.